The van der Waals surface area contributed by atoms with E-state index in [1.807, 2.05) is 38.1 Å². The molecule has 3 aromatic rings. The predicted molar refractivity (Wildman–Crippen MR) is 106 cm³/mol. The van der Waals surface area contributed by atoms with Crippen LogP contribution in [0.2, 0.25) is 0 Å². The molecule has 0 aliphatic rings. The fourth-order valence-corrected chi connectivity index (χ4v) is 4.53. The molecule has 0 fully saturated rings. The van der Waals surface area contributed by atoms with Gasteiger partial charge in [0.1, 0.15) is 21.3 Å². The Morgan fingerprint density at radius 2 is 2.08 bits per heavy atom. The highest BCUT2D eigenvalue weighted by molar-refractivity contribution is 7.83. The third kappa shape index (κ3) is 3.76. The van der Waals surface area contributed by atoms with Gasteiger partial charge in [-0.3, -0.25) is 4.21 Å². The Kier molecular flexibility index (Phi) is 5.33. The van der Waals surface area contributed by atoms with E-state index in [0.29, 0.717) is 22.3 Å². The monoisotopic (exact) mass is 389 g/mol. The number of aryl methyl sites for hydroxylation is 2. The summed E-state index contributed by atoms with van der Waals surface area (Å²) in [5.74, 6) is 1.38. The van der Waals surface area contributed by atoms with Crippen LogP contribution < -0.4 is 5.32 Å². The van der Waals surface area contributed by atoms with Crippen LogP contribution in [0.4, 0.5) is 11.5 Å². The second-order valence-corrected chi connectivity index (χ2v) is 8.32. The standard InChI is InChI=1S/C18H19N3O3S2/c1-10-14-16(21-13-7-5-6-12(8-13)9-26(4)23)19-11(2)20-17(14)25-15(10)18(22)24-3/h5-8H,9H2,1-4H3,(H,19,20,21). The van der Waals surface area contributed by atoms with Crippen LogP contribution in [0.25, 0.3) is 10.2 Å². The maximum atomic E-state index is 12.0. The summed E-state index contributed by atoms with van der Waals surface area (Å²) in [5, 5.41) is 4.13. The molecule has 6 nitrogen and oxygen atoms in total. The summed E-state index contributed by atoms with van der Waals surface area (Å²) in [7, 11) is 0.459. The van der Waals surface area contributed by atoms with Crippen LogP contribution in [0.3, 0.4) is 0 Å². The van der Waals surface area contributed by atoms with Crippen LogP contribution in [-0.2, 0) is 21.3 Å². The van der Waals surface area contributed by atoms with Gasteiger partial charge in [0.2, 0.25) is 0 Å². The lowest BCUT2D eigenvalue weighted by Gasteiger charge is -2.10. The zero-order chi connectivity index (χ0) is 18.8. The van der Waals surface area contributed by atoms with Crippen molar-refractivity contribution in [1.82, 2.24) is 9.97 Å². The molecule has 0 spiro atoms. The molecule has 1 unspecified atom stereocenters. The zero-order valence-corrected chi connectivity index (χ0v) is 16.6. The Balaban J connectivity index is 2.06. The van der Waals surface area contributed by atoms with Crippen molar-refractivity contribution in [2.45, 2.75) is 19.6 Å². The van der Waals surface area contributed by atoms with Gasteiger partial charge in [-0.1, -0.05) is 12.1 Å². The van der Waals surface area contributed by atoms with Crippen LogP contribution in [-0.4, -0.2) is 33.5 Å². The molecule has 0 aliphatic carbocycles. The SMILES string of the molecule is COC(=O)c1sc2nc(C)nc(Nc3cccc(CS(C)=O)c3)c2c1C. The largest absolute Gasteiger partial charge is 0.465 e. The van der Waals surface area contributed by atoms with Crippen molar-refractivity contribution in [3.63, 3.8) is 0 Å². The number of hydrogen-bond acceptors (Lipinski definition) is 7. The molecule has 1 aromatic carbocycles. The third-order valence-electron chi connectivity index (χ3n) is 3.83. The van der Waals surface area contributed by atoms with Crippen LogP contribution in [0, 0.1) is 13.8 Å². The van der Waals surface area contributed by atoms with Gasteiger partial charge < -0.3 is 10.1 Å². The molecule has 136 valence electrons. The number of thiophene rings is 1. The van der Waals surface area contributed by atoms with E-state index in [4.69, 9.17) is 4.74 Å². The third-order valence-corrected chi connectivity index (χ3v) is 5.74. The number of anilines is 2. The molecule has 8 heteroatoms. The number of nitrogens with zero attached hydrogens (tertiary/aromatic N) is 2. The van der Waals surface area contributed by atoms with Crippen molar-refractivity contribution in [3.8, 4) is 0 Å². The first kappa shape index (κ1) is 18.5. The molecule has 2 heterocycles. The van der Waals surface area contributed by atoms with Crippen molar-refractivity contribution in [3.05, 3.63) is 46.1 Å². The first-order valence-electron chi connectivity index (χ1n) is 7.91. The highest BCUT2D eigenvalue weighted by atomic mass is 32.2. The molecule has 0 bridgehead atoms. The van der Waals surface area contributed by atoms with Gasteiger partial charge >= 0.3 is 5.97 Å². The maximum absolute atomic E-state index is 12.0. The zero-order valence-electron chi connectivity index (χ0n) is 15.0. The fraction of sp³-hybridized carbons (Fsp3) is 0.278. The molecule has 26 heavy (non-hydrogen) atoms. The molecule has 0 aliphatic heterocycles. The summed E-state index contributed by atoms with van der Waals surface area (Å²) in [6.07, 6.45) is 1.68. The summed E-state index contributed by atoms with van der Waals surface area (Å²) in [4.78, 5) is 22.2. The van der Waals surface area contributed by atoms with E-state index in [-0.39, 0.29) is 5.97 Å². The summed E-state index contributed by atoms with van der Waals surface area (Å²) >= 11 is 1.30. The molecule has 1 atom stereocenters. The quantitative estimate of drug-likeness (QED) is 0.670. The Bertz CT molecular complexity index is 1010. The van der Waals surface area contributed by atoms with Crippen molar-refractivity contribution in [2.24, 2.45) is 0 Å². The van der Waals surface area contributed by atoms with Gasteiger partial charge in [-0.25, -0.2) is 14.8 Å². The minimum Gasteiger partial charge on any atom is -0.465 e. The number of benzene rings is 1. The Labute approximate surface area is 158 Å². The summed E-state index contributed by atoms with van der Waals surface area (Å²) in [6, 6.07) is 7.73. The fourth-order valence-electron chi connectivity index (χ4n) is 2.73. The molecular weight excluding hydrogens is 370 g/mol. The van der Waals surface area contributed by atoms with E-state index < -0.39 is 10.8 Å². The van der Waals surface area contributed by atoms with Gasteiger partial charge in [0, 0.05) is 28.5 Å². The molecule has 3 rings (SSSR count). The number of carbonyl (C=O) groups excluding carboxylic acids is 1. The van der Waals surface area contributed by atoms with Crippen molar-refractivity contribution >= 4 is 49.8 Å². The molecule has 0 amide bonds. The van der Waals surface area contributed by atoms with E-state index in [1.165, 1.54) is 18.4 Å². The van der Waals surface area contributed by atoms with E-state index in [9.17, 15) is 9.00 Å². The van der Waals surface area contributed by atoms with Gasteiger partial charge in [0.15, 0.2) is 0 Å². The summed E-state index contributed by atoms with van der Waals surface area (Å²) in [6.45, 7) is 3.68. The Morgan fingerprint density at radius 1 is 1.31 bits per heavy atom. The first-order valence-corrected chi connectivity index (χ1v) is 10.5. The van der Waals surface area contributed by atoms with Crippen LogP contribution >= 0.6 is 11.3 Å². The second kappa shape index (κ2) is 7.51. The summed E-state index contributed by atoms with van der Waals surface area (Å²) < 4.78 is 16.3. The Morgan fingerprint density at radius 3 is 2.77 bits per heavy atom. The number of ether oxygens (including phenoxy) is 1. The molecule has 2 aromatic heterocycles. The minimum atomic E-state index is -0.907. The maximum Gasteiger partial charge on any atom is 0.348 e. The highest BCUT2D eigenvalue weighted by Gasteiger charge is 2.20. The topological polar surface area (TPSA) is 81.2 Å². The molecule has 0 saturated heterocycles. The first-order chi connectivity index (χ1) is 12.4. The lowest BCUT2D eigenvalue weighted by atomic mass is 10.2. The van der Waals surface area contributed by atoms with Gasteiger partial charge in [-0.15, -0.1) is 11.3 Å². The van der Waals surface area contributed by atoms with Crippen molar-refractivity contribution in [1.29, 1.82) is 0 Å². The number of rotatable bonds is 5. The van der Waals surface area contributed by atoms with E-state index in [1.54, 1.807) is 6.26 Å². The van der Waals surface area contributed by atoms with E-state index in [2.05, 4.69) is 15.3 Å². The van der Waals surface area contributed by atoms with Crippen LogP contribution in [0.5, 0.6) is 0 Å². The van der Waals surface area contributed by atoms with E-state index in [0.717, 1.165) is 27.0 Å². The molecule has 0 saturated carbocycles. The van der Waals surface area contributed by atoms with Gasteiger partial charge in [-0.2, -0.15) is 0 Å². The number of carbonyl (C=O) groups is 1. The average molecular weight is 390 g/mol. The summed E-state index contributed by atoms with van der Waals surface area (Å²) in [5.41, 5.74) is 2.62. The second-order valence-electron chi connectivity index (χ2n) is 5.89. The predicted octanol–water partition coefficient (Wildman–Crippen LogP) is 3.72. The van der Waals surface area contributed by atoms with Crippen LogP contribution in [0.15, 0.2) is 24.3 Å². The number of aromatic nitrogens is 2. The van der Waals surface area contributed by atoms with Gasteiger partial charge in [0.05, 0.1) is 12.5 Å². The number of nitrogens with one attached hydrogen (secondary N) is 1. The highest BCUT2D eigenvalue weighted by Crippen LogP contribution is 2.35. The number of fused-ring (bicyclic) bond motifs is 1. The number of hydrogen-bond donors (Lipinski definition) is 1. The van der Waals surface area contributed by atoms with Crippen molar-refractivity contribution < 1.29 is 13.7 Å². The number of esters is 1. The van der Waals surface area contributed by atoms with Crippen LogP contribution in [0.1, 0.15) is 26.6 Å². The van der Waals surface area contributed by atoms with Crippen molar-refractivity contribution in [2.75, 3.05) is 18.7 Å². The Hall–Kier alpha value is -2.32. The van der Waals surface area contributed by atoms with E-state index >= 15 is 0 Å². The minimum absolute atomic E-state index is 0.374. The smallest absolute Gasteiger partial charge is 0.348 e. The van der Waals surface area contributed by atoms with Gasteiger partial charge in [0.25, 0.3) is 0 Å². The normalized spacial score (nSPS) is 12.2. The lowest BCUT2D eigenvalue weighted by molar-refractivity contribution is 0.0605. The molecular formula is C18H19N3O3S2. The molecule has 0 radical (unpaired) electrons. The lowest BCUT2D eigenvalue weighted by Crippen LogP contribution is -2.01. The van der Waals surface area contributed by atoms with Gasteiger partial charge in [-0.05, 0) is 37.1 Å². The molecule has 1 N–H and O–H groups in total. The number of methoxy groups -OCH3 is 1. The average Bonchev–Trinajstić information content (AvgIpc) is 2.90.